The Bertz CT molecular complexity index is 1610. The molecule has 0 aliphatic rings. The molecule has 3 aromatic heterocycles. The van der Waals surface area contributed by atoms with Gasteiger partial charge in [0.1, 0.15) is 29.7 Å². The molecule has 0 fully saturated rings. The summed E-state index contributed by atoms with van der Waals surface area (Å²) in [5.41, 5.74) is 7.91. The maximum atomic E-state index is 14.9. The second-order valence-corrected chi connectivity index (χ2v) is 8.63. The summed E-state index contributed by atoms with van der Waals surface area (Å²) in [5.74, 6) is -0.487. The lowest BCUT2D eigenvalue weighted by atomic mass is 10.1. The van der Waals surface area contributed by atoms with Crippen LogP contribution in [0.15, 0.2) is 60.9 Å². The van der Waals surface area contributed by atoms with Gasteiger partial charge in [-0.15, -0.1) is 0 Å². The number of hydrogen-bond acceptors (Lipinski definition) is 9. The Balaban J connectivity index is 1.58. The first-order chi connectivity index (χ1) is 19.5. The van der Waals surface area contributed by atoms with Gasteiger partial charge in [-0.1, -0.05) is 18.2 Å². The number of aromatic nitrogens is 5. The third-order valence-corrected chi connectivity index (χ3v) is 5.97. The van der Waals surface area contributed by atoms with Gasteiger partial charge in [0.2, 0.25) is 5.75 Å². The molecule has 0 spiro atoms. The quantitative estimate of drug-likeness (QED) is 0.221. The van der Waals surface area contributed by atoms with Gasteiger partial charge < -0.3 is 25.3 Å². The highest BCUT2D eigenvalue weighted by Gasteiger charge is 2.22. The van der Waals surface area contributed by atoms with Gasteiger partial charge in [-0.3, -0.25) is 9.67 Å². The van der Waals surface area contributed by atoms with Crippen LogP contribution in [0, 0.1) is 11.6 Å². The molecule has 0 aliphatic carbocycles. The van der Waals surface area contributed by atoms with E-state index in [4.69, 9.17) is 19.9 Å². The molecular formula is C28H27F2N7O3. The zero-order chi connectivity index (χ0) is 28.1. The SMILES string of the molecule is CCOc1cc(F)c(Cn2nc(-c3nc(N)c(OCCOC)c(Nc4ccncc4)n3)c3ccccc32)c(F)c1. The molecule has 0 saturated heterocycles. The number of nitrogens with one attached hydrogen (secondary N) is 1. The Morgan fingerprint density at radius 2 is 1.73 bits per heavy atom. The van der Waals surface area contributed by atoms with Crippen LogP contribution in [0.25, 0.3) is 22.4 Å². The fourth-order valence-corrected chi connectivity index (χ4v) is 4.14. The number of rotatable bonds is 11. The van der Waals surface area contributed by atoms with E-state index < -0.39 is 11.6 Å². The molecule has 0 unspecified atom stereocenters. The average Bonchev–Trinajstić information content (AvgIpc) is 3.31. The van der Waals surface area contributed by atoms with Crippen molar-refractivity contribution < 1.29 is 23.0 Å². The number of hydrogen-bond donors (Lipinski definition) is 2. The molecule has 206 valence electrons. The summed E-state index contributed by atoms with van der Waals surface area (Å²) in [6, 6.07) is 13.1. The van der Waals surface area contributed by atoms with Gasteiger partial charge >= 0.3 is 0 Å². The smallest absolute Gasteiger partial charge is 0.204 e. The van der Waals surface area contributed by atoms with Crippen LogP contribution in [-0.4, -0.2) is 51.7 Å². The highest BCUT2D eigenvalue weighted by molar-refractivity contribution is 5.92. The van der Waals surface area contributed by atoms with Gasteiger partial charge in [-0.2, -0.15) is 5.10 Å². The van der Waals surface area contributed by atoms with Crippen molar-refractivity contribution in [3.63, 3.8) is 0 Å². The molecule has 0 aliphatic heterocycles. The number of anilines is 3. The van der Waals surface area contributed by atoms with Crippen molar-refractivity contribution in [1.82, 2.24) is 24.7 Å². The van der Waals surface area contributed by atoms with Gasteiger partial charge in [0, 0.05) is 48.3 Å². The molecule has 5 rings (SSSR count). The van der Waals surface area contributed by atoms with E-state index in [-0.39, 0.29) is 41.9 Å². The Morgan fingerprint density at radius 1 is 0.975 bits per heavy atom. The number of nitrogens with zero attached hydrogens (tertiary/aromatic N) is 5. The number of halogens is 2. The van der Waals surface area contributed by atoms with Crippen molar-refractivity contribution in [2.75, 3.05) is 38.0 Å². The molecule has 40 heavy (non-hydrogen) atoms. The second kappa shape index (κ2) is 11.9. The van der Waals surface area contributed by atoms with E-state index in [9.17, 15) is 8.78 Å². The monoisotopic (exact) mass is 547 g/mol. The van der Waals surface area contributed by atoms with E-state index in [1.54, 1.807) is 44.6 Å². The summed E-state index contributed by atoms with van der Waals surface area (Å²) in [6.07, 6.45) is 3.27. The third-order valence-electron chi connectivity index (χ3n) is 5.97. The fraction of sp³-hybridized carbons (Fsp3) is 0.214. The van der Waals surface area contributed by atoms with Gasteiger partial charge in [0.15, 0.2) is 17.5 Å². The van der Waals surface area contributed by atoms with Crippen LogP contribution in [0.3, 0.4) is 0 Å². The first kappa shape index (κ1) is 26.8. The minimum absolute atomic E-state index is 0.0832. The molecule has 3 N–H and O–H groups in total. The number of fused-ring (bicyclic) bond motifs is 1. The standard InChI is InChI=1S/C28H27F2N7O3/c1-3-39-18-14-21(29)20(22(30)15-18)16-37-23-7-5-4-6-19(23)24(36-37)27-34-26(31)25(40-13-12-38-2)28(35-27)33-17-8-10-32-11-9-17/h4-11,14-15H,3,12-13,16H2,1-2H3,(H3,31,32,33,34,35). The molecule has 0 radical (unpaired) electrons. The Labute approximate surface area is 228 Å². The Morgan fingerprint density at radius 3 is 2.45 bits per heavy atom. The molecule has 0 atom stereocenters. The third kappa shape index (κ3) is 5.61. The van der Waals surface area contributed by atoms with Crippen molar-refractivity contribution >= 4 is 28.2 Å². The van der Waals surface area contributed by atoms with E-state index in [2.05, 4.69) is 25.4 Å². The van der Waals surface area contributed by atoms with Crippen molar-refractivity contribution in [1.29, 1.82) is 0 Å². The molecule has 3 heterocycles. The van der Waals surface area contributed by atoms with E-state index >= 15 is 0 Å². The maximum Gasteiger partial charge on any atom is 0.204 e. The summed E-state index contributed by atoms with van der Waals surface area (Å²) < 4.78 is 47.5. The molecule has 0 bridgehead atoms. The van der Waals surface area contributed by atoms with Crippen molar-refractivity contribution in [2.24, 2.45) is 0 Å². The van der Waals surface area contributed by atoms with E-state index in [1.165, 1.54) is 4.68 Å². The van der Waals surface area contributed by atoms with Gasteiger partial charge in [-0.05, 0) is 25.1 Å². The average molecular weight is 548 g/mol. The zero-order valence-corrected chi connectivity index (χ0v) is 21.9. The Hall–Kier alpha value is -4.84. The van der Waals surface area contributed by atoms with Crippen LogP contribution < -0.4 is 20.5 Å². The summed E-state index contributed by atoms with van der Waals surface area (Å²) in [4.78, 5) is 13.2. The highest BCUT2D eigenvalue weighted by Crippen LogP contribution is 2.35. The minimum atomic E-state index is -0.730. The van der Waals surface area contributed by atoms with Crippen molar-refractivity contribution in [3.8, 4) is 23.0 Å². The van der Waals surface area contributed by atoms with Crippen LogP contribution in [0.5, 0.6) is 11.5 Å². The number of pyridine rings is 1. The highest BCUT2D eigenvalue weighted by atomic mass is 19.1. The first-order valence-electron chi connectivity index (χ1n) is 12.5. The normalized spacial score (nSPS) is 11.1. The minimum Gasteiger partial charge on any atom is -0.494 e. The van der Waals surface area contributed by atoms with Crippen LogP contribution in [-0.2, 0) is 11.3 Å². The van der Waals surface area contributed by atoms with Crippen molar-refractivity contribution in [2.45, 2.75) is 13.5 Å². The molecular weight excluding hydrogens is 520 g/mol. The molecule has 2 aromatic carbocycles. The fourth-order valence-electron chi connectivity index (χ4n) is 4.14. The molecule has 0 saturated carbocycles. The lowest BCUT2D eigenvalue weighted by Crippen LogP contribution is -2.11. The van der Waals surface area contributed by atoms with Crippen LogP contribution in [0.1, 0.15) is 12.5 Å². The predicted molar refractivity (Wildman–Crippen MR) is 147 cm³/mol. The van der Waals surface area contributed by atoms with Gasteiger partial charge in [-0.25, -0.2) is 18.7 Å². The number of benzene rings is 2. The zero-order valence-electron chi connectivity index (χ0n) is 21.9. The second-order valence-electron chi connectivity index (χ2n) is 8.63. The first-order valence-corrected chi connectivity index (χ1v) is 12.5. The number of para-hydroxylation sites is 1. The number of nitrogen functional groups attached to an aromatic ring is 1. The number of ether oxygens (including phenoxy) is 3. The molecule has 5 aromatic rings. The van der Waals surface area contributed by atoms with E-state index in [1.807, 2.05) is 18.2 Å². The lowest BCUT2D eigenvalue weighted by Gasteiger charge is -2.15. The molecule has 10 nitrogen and oxygen atoms in total. The van der Waals surface area contributed by atoms with E-state index in [0.29, 0.717) is 41.3 Å². The van der Waals surface area contributed by atoms with Crippen LogP contribution in [0.4, 0.5) is 26.1 Å². The van der Waals surface area contributed by atoms with E-state index in [0.717, 1.165) is 12.1 Å². The largest absolute Gasteiger partial charge is 0.494 e. The molecule has 0 amide bonds. The number of nitrogens with two attached hydrogens (primary N) is 1. The van der Waals surface area contributed by atoms with Crippen LogP contribution in [0.2, 0.25) is 0 Å². The van der Waals surface area contributed by atoms with Crippen molar-refractivity contribution in [3.05, 3.63) is 78.1 Å². The summed E-state index contributed by atoms with van der Waals surface area (Å²) in [5, 5.41) is 8.53. The maximum absolute atomic E-state index is 14.9. The molecule has 12 heteroatoms. The summed E-state index contributed by atoms with van der Waals surface area (Å²) in [6.45, 7) is 2.43. The Kier molecular flexibility index (Phi) is 7.97. The summed E-state index contributed by atoms with van der Waals surface area (Å²) >= 11 is 0. The van der Waals surface area contributed by atoms with Gasteiger partial charge in [0.05, 0.1) is 25.3 Å². The van der Waals surface area contributed by atoms with Crippen LogP contribution >= 0.6 is 0 Å². The topological polar surface area (TPSA) is 122 Å². The lowest BCUT2D eigenvalue weighted by molar-refractivity contribution is 0.147. The number of methoxy groups -OCH3 is 1. The summed E-state index contributed by atoms with van der Waals surface area (Å²) in [7, 11) is 1.56. The predicted octanol–water partition coefficient (Wildman–Crippen LogP) is 4.96. The van der Waals surface area contributed by atoms with Gasteiger partial charge in [0.25, 0.3) is 0 Å².